The lowest BCUT2D eigenvalue weighted by molar-refractivity contribution is 0.218. The van der Waals surface area contributed by atoms with Crippen LogP contribution in [0.3, 0.4) is 0 Å². The van der Waals surface area contributed by atoms with Crippen molar-refractivity contribution in [3.05, 3.63) is 28.8 Å². The molecule has 1 N–H and O–H groups in total. The van der Waals surface area contributed by atoms with Gasteiger partial charge in [-0.15, -0.1) is 0 Å². The number of hydrogen-bond donors (Lipinski definition) is 1. The van der Waals surface area contributed by atoms with Crippen molar-refractivity contribution in [1.82, 2.24) is 5.32 Å². The minimum Gasteiger partial charge on any atom is -0.490 e. The Morgan fingerprint density at radius 1 is 1.53 bits per heavy atom. The fourth-order valence-corrected chi connectivity index (χ4v) is 2.21. The average Bonchev–Trinajstić information content (AvgIpc) is 2.63. The molecule has 0 bridgehead atoms. The van der Waals surface area contributed by atoms with Crippen molar-refractivity contribution in [1.29, 1.82) is 0 Å². The van der Waals surface area contributed by atoms with E-state index in [0.717, 1.165) is 36.6 Å². The van der Waals surface area contributed by atoms with E-state index in [1.807, 2.05) is 25.2 Å². The Balaban J connectivity index is 1.94. The molecule has 1 aromatic rings. The molecule has 1 aliphatic heterocycles. The third-order valence-electron chi connectivity index (χ3n) is 2.75. The van der Waals surface area contributed by atoms with Crippen LogP contribution in [0.5, 0.6) is 5.75 Å². The zero-order chi connectivity index (χ0) is 10.7. The average molecular weight is 226 g/mol. The Hall–Kier alpha value is -0.730. The first-order chi connectivity index (χ1) is 7.31. The summed E-state index contributed by atoms with van der Waals surface area (Å²) in [6, 6.07) is 5.87. The summed E-state index contributed by atoms with van der Waals surface area (Å²) in [4.78, 5) is 0. The lowest BCUT2D eigenvalue weighted by atomic mass is 10.1. The van der Waals surface area contributed by atoms with Crippen LogP contribution in [0.1, 0.15) is 18.4 Å². The highest BCUT2D eigenvalue weighted by atomic mass is 35.5. The molecule has 82 valence electrons. The summed E-state index contributed by atoms with van der Waals surface area (Å²) < 4.78 is 5.82. The first-order valence-corrected chi connectivity index (χ1v) is 5.77. The van der Waals surface area contributed by atoms with E-state index >= 15 is 0 Å². The normalized spacial score (nSPS) is 18.7. The first kappa shape index (κ1) is 10.8. The van der Waals surface area contributed by atoms with Gasteiger partial charge in [0.25, 0.3) is 0 Å². The van der Waals surface area contributed by atoms with Gasteiger partial charge in [-0.25, -0.2) is 0 Å². The molecule has 1 aromatic carbocycles. The Kier molecular flexibility index (Phi) is 3.49. The van der Waals surface area contributed by atoms with Crippen LogP contribution in [-0.2, 0) is 6.42 Å². The summed E-state index contributed by atoms with van der Waals surface area (Å²) in [5, 5.41) is 3.98. The van der Waals surface area contributed by atoms with Gasteiger partial charge >= 0.3 is 0 Å². The molecule has 3 heteroatoms. The summed E-state index contributed by atoms with van der Waals surface area (Å²) in [6.07, 6.45) is 3.51. The van der Waals surface area contributed by atoms with Crippen molar-refractivity contribution >= 4 is 11.6 Å². The zero-order valence-electron chi connectivity index (χ0n) is 8.92. The SMILES string of the molecule is CNCCCC1Cc2c(Cl)cccc2O1. The summed E-state index contributed by atoms with van der Waals surface area (Å²) in [5.74, 6) is 0.969. The molecular weight excluding hydrogens is 210 g/mol. The van der Waals surface area contributed by atoms with E-state index in [0.29, 0.717) is 6.10 Å². The Morgan fingerprint density at radius 3 is 3.13 bits per heavy atom. The van der Waals surface area contributed by atoms with Crippen molar-refractivity contribution in [3.63, 3.8) is 0 Å². The molecule has 0 saturated carbocycles. The van der Waals surface area contributed by atoms with Crippen LogP contribution in [-0.4, -0.2) is 19.7 Å². The lowest BCUT2D eigenvalue weighted by Crippen LogP contribution is -2.16. The number of ether oxygens (including phenoxy) is 1. The van der Waals surface area contributed by atoms with Gasteiger partial charge in [0.1, 0.15) is 11.9 Å². The van der Waals surface area contributed by atoms with Crippen LogP contribution in [0.2, 0.25) is 5.02 Å². The van der Waals surface area contributed by atoms with Gasteiger partial charge in [-0.1, -0.05) is 17.7 Å². The van der Waals surface area contributed by atoms with Crippen molar-refractivity contribution in [3.8, 4) is 5.75 Å². The first-order valence-electron chi connectivity index (χ1n) is 5.40. The Bertz CT molecular complexity index is 340. The molecule has 0 spiro atoms. The quantitative estimate of drug-likeness (QED) is 0.796. The fourth-order valence-electron chi connectivity index (χ4n) is 1.96. The Morgan fingerprint density at radius 2 is 2.40 bits per heavy atom. The van der Waals surface area contributed by atoms with E-state index in [2.05, 4.69) is 5.32 Å². The summed E-state index contributed by atoms with van der Waals surface area (Å²) >= 11 is 6.10. The van der Waals surface area contributed by atoms with Gasteiger partial charge in [0.15, 0.2) is 0 Å². The third-order valence-corrected chi connectivity index (χ3v) is 3.11. The number of hydrogen-bond acceptors (Lipinski definition) is 2. The monoisotopic (exact) mass is 225 g/mol. The summed E-state index contributed by atoms with van der Waals surface area (Å²) in [5.41, 5.74) is 1.17. The van der Waals surface area contributed by atoms with E-state index in [-0.39, 0.29) is 0 Å². The molecule has 0 aromatic heterocycles. The highest BCUT2D eigenvalue weighted by Crippen LogP contribution is 2.35. The molecule has 0 amide bonds. The van der Waals surface area contributed by atoms with Gasteiger partial charge in [-0.2, -0.15) is 0 Å². The highest BCUT2D eigenvalue weighted by Gasteiger charge is 2.23. The van der Waals surface area contributed by atoms with Gasteiger partial charge in [-0.05, 0) is 38.6 Å². The van der Waals surface area contributed by atoms with Crippen LogP contribution in [0.25, 0.3) is 0 Å². The molecule has 2 rings (SSSR count). The zero-order valence-corrected chi connectivity index (χ0v) is 9.68. The van der Waals surface area contributed by atoms with E-state index in [4.69, 9.17) is 16.3 Å². The van der Waals surface area contributed by atoms with Gasteiger partial charge < -0.3 is 10.1 Å². The largest absolute Gasteiger partial charge is 0.490 e. The topological polar surface area (TPSA) is 21.3 Å². The van der Waals surface area contributed by atoms with Crippen LogP contribution < -0.4 is 10.1 Å². The molecular formula is C12H16ClNO. The highest BCUT2D eigenvalue weighted by molar-refractivity contribution is 6.31. The molecule has 0 aliphatic carbocycles. The maximum absolute atomic E-state index is 6.10. The van der Waals surface area contributed by atoms with E-state index in [9.17, 15) is 0 Å². The summed E-state index contributed by atoms with van der Waals surface area (Å²) in [6.45, 7) is 1.05. The second-order valence-electron chi connectivity index (χ2n) is 3.91. The second kappa shape index (κ2) is 4.86. The Labute approximate surface area is 95.6 Å². The fraction of sp³-hybridized carbons (Fsp3) is 0.500. The minimum atomic E-state index is 0.313. The maximum atomic E-state index is 6.10. The van der Waals surface area contributed by atoms with Crippen LogP contribution >= 0.6 is 11.6 Å². The van der Waals surface area contributed by atoms with Crippen molar-refractivity contribution < 1.29 is 4.74 Å². The predicted octanol–water partition coefficient (Wildman–Crippen LogP) is 2.64. The molecule has 0 saturated heterocycles. The molecule has 0 radical (unpaired) electrons. The molecule has 1 aliphatic rings. The van der Waals surface area contributed by atoms with Crippen molar-refractivity contribution in [2.75, 3.05) is 13.6 Å². The minimum absolute atomic E-state index is 0.313. The summed E-state index contributed by atoms with van der Waals surface area (Å²) in [7, 11) is 1.97. The molecule has 1 unspecified atom stereocenters. The third kappa shape index (κ3) is 2.44. The molecule has 2 nitrogen and oxygen atoms in total. The van der Waals surface area contributed by atoms with E-state index in [1.54, 1.807) is 0 Å². The van der Waals surface area contributed by atoms with E-state index < -0.39 is 0 Å². The van der Waals surface area contributed by atoms with Crippen LogP contribution in [0.15, 0.2) is 18.2 Å². The number of nitrogens with one attached hydrogen (secondary N) is 1. The van der Waals surface area contributed by atoms with Crippen LogP contribution in [0.4, 0.5) is 0 Å². The molecule has 1 atom stereocenters. The second-order valence-corrected chi connectivity index (χ2v) is 4.31. The lowest BCUT2D eigenvalue weighted by Gasteiger charge is -2.09. The molecule has 0 fully saturated rings. The van der Waals surface area contributed by atoms with Gasteiger partial charge in [0.2, 0.25) is 0 Å². The number of rotatable bonds is 4. The number of halogens is 1. The molecule has 15 heavy (non-hydrogen) atoms. The van der Waals surface area contributed by atoms with Crippen molar-refractivity contribution in [2.24, 2.45) is 0 Å². The predicted molar refractivity (Wildman–Crippen MR) is 62.7 cm³/mol. The molecule has 1 heterocycles. The number of fused-ring (bicyclic) bond motifs is 1. The van der Waals surface area contributed by atoms with Crippen molar-refractivity contribution in [2.45, 2.75) is 25.4 Å². The van der Waals surface area contributed by atoms with Gasteiger partial charge in [0.05, 0.1) is 0 Å². The van der Waals surface area contributed by atoms with E-state index in [1.165, 1.54) is 5.56 Å². The van der Waals surface area contributed by atoms with Gasteiger partial charge in [0, 0.05) is 17.0 Å². The van der Waals surface area contributed by atoms with Gasteiger partial charge in [-0.3, -0.25) is 0 Å². The van der Waals surface area contributed by atoms with Crippen LogP contribution in [0, 0.1) is 0 Å². The number of benzene rings is 1. The maximum Gasteiger partial charge on any atom is 0.124 e. The standard InChI is InChI=1S/C12H16ClNO/c1-14-7-3-4-9-8-10-11(13)5-2-6-12(10)15-9/h2,5-6,9,14H,3-4,7-8H2,1H3. The smallest absolute Gasteiger partial charge is 0.124 e.